The Balaban J connectivity index is 2.15. The van der Waals surface area contributed by atoms with E-state index in [0.29, 0.717) is 6.42 Å². The van der Waals surface area contributed by atoms with Crippen molar-refractivity contribution in [1.29, 1.82) is 0 Å². The first-order valence-electron chi connectivity index (χ1n) is 5.62. The molecule has 1 heterocycles. The monoisotopic (exact) mass is 266 g/mol. The number of nitrogens with one attached hydrogen (secondary N) is 1. The number of hydrogen-bond acceptors (Lipinski definition) is 4. The van der Waals surface area contributed by atoms with Crippen LogP contribution in [0, 0.1) is 5.82 Å². The molecule has 0 amide bonds. The van der Waals surface area contributed by atoms with Crippen LogP contribution in [0.1, 0.15) is 17.3 Å². The van der Waals surface area contributed by atoms with Gasteiger partial charge in [0, 0.05) is 5.38 Å². The Labute approximate surface area is 110 Å². The summed E-state index contributed by atoms with van der Waals surface area (Å²) in [6.45, 7) is 0. The number of halogens is 1. The molecule has 2 aromatic rings. The SMILES string of the molecule is CNC(Cc1ccc(OC)c(F)c1)c1cscn1. The first-order chi connectivity index (χ1) is 8.74. The van der Waals surface area contributed by atoms with Gasteiger partial charge in [0.05, 0.1) is 24.4 Å². The molecule has 1 aromatic heterocycles. The number of benzene rings is 1. The zero-order valence-electron chi connectivity index (χ0n) is 10.3. The molecule has 1 N–H and O–H groups in total. The van der Waals surface area contributed by atoms with Crippen molar-refractivity contribution in [2.75, 3.05) is 14.2 Å². The van der Waals surface area contributed by atoms with Crippen LogP contribution in [0.4, 0.5) is 4.39 Å². The van der Waals surface area contributed by atoms with Crippen molar-refractivity contribution >= 4 is 11.3 Å². The van der Waals surface area contributed by atoms with E-state index in [-0.39, 0.29) is 17.6 Å². The van der Waals surface area contributed by atoms with E-state index in [1.807, 2.05) is 18.5 Å². The Hall–Kier alpha value is -1.46. The van der Waals surface area contributed by atoms with Gasteiger partial charge in [-0.1, -0.05) is 6.07 Å². The van der Waals surface area contributed by atoms with E-state index >= 15 is 0 Å². The molecule has 1 unspecified atom stereocenters. The summed E-state index contributed by atoms with van der Waals surface area (Å²) in [6, 6.07) is 5.14. The number of thiazole rings is 1. The lowest BCUT2D eigenvalue weighted by Gasteiger charge is -2.14. The van der Waals surface area contributed by atoms with Gasteiger partial charge in [0.1, 0.15) is 0 Å². The molecule has 1 aromatic carbocycles. The van der Waals surface area contributed by atoms with Crippen LogP contribution in [0.2, 0.25) is 0 Å². The van der Waals surface area contributed by atoms with Crippen LogP contribution >= 0.6 is 11.3 Å². The Kier molecular flexibility index (Phi) is 4.28. The van der Waals surface area contributed by atoms with E-state index < -0.39 is 0 Å². The second-order valence-corrected chi connectivity index (χ2v) is 4.65. The zero-order chi connectivity index (χ0) is 13.0. The fourth-order valence-electron chi connectivity index (χ4n) is 1.82. The Morgan fingerprint density at radius 2 is 2.33 bits per heavy atom. The van der Waals surface area contributed by atoms with E-state index in [2.05, 4.69) is 10.3 Å². The topological polar surface area (TPSA) is 34.1 Å². The van der Waals surface area contributed by atoms with Crippen LogP contribution in [0.3, 0.4) is 0 Å². The number of likely N-dealkylation sites (N-methyl/N-ethyl adjacent to an activating group) is 1. The first kappa shape index (κ1) is 13.0. The summed E-state index contributed by atoms with van der Waals surface area (Å²) in [5.41, 5.74) is 3.70. The predicted molar refractivity (Wildman–Crippen MR) is 70.6 cm³/mol. The van der Waals surface area contributed by atoms with Gasteiger partial charge >= 0.3 is 0 Å². The summed E-state index contributed by atoms with van der Waals surface area (Å²) in [7, 11) is 3.34. The smallest absolute Gasteiger partial charge is 0.165 e. The maximum Gasteiger partial charge on any atom is 0.165 e. The Morgan fingerprint density at radius 1 is 1.50 bits per heavy atom. The molecule has 0 saturated carbocycles. The third-order valence-corrected chi connectivity index (χ3v) is 3.42. The second-order valence-electron chi connectivity index (χ2n) is 3.93. The van der Waals surface area contributed by atoms with Crippen LogP contribution in [0.25, 0.3) is 0 Å². The zero-order valence-corrected chi connectivity index (χ0v) is 11.1. The molecule has 1 atom stereocenters. The molecule has 0 saturated heterocycles. The molecule has 5 heteroatoms. The van der Waals surface area contributed by atoms with Crippen molar-refractivity contribution in [2.45, 2.75) is 12.5 Å². The van der Waals surface area contributed by atoms with E-state index in [9.17, 15) is 4.39 Å². The van der Waals surface area contributed by atoms with Gasteiger partial charge in [-0.25, -0.2) is 9.37 Å². The molecule has 18 heavy (non-hydrogen) atoms. The quantitative estimate of drug-likeness (QED) is 0.903. The number of hydrogen-bond donors (Lipinski definition) is 1. The Morgan fingerprint density at radius 3 is 2.89 bits per heavy atom. The lowest BCUT2D eigenvalue weighted by atomic mass is 10.0. The highest BCUT2D eigenvalue weighted by atomic mass is 32.1. The van der Waals surface area contributed by atoms with E-state index in [0.717, 1.165) is 11.3 Å². The highest BCUT2D eigenvalue weighted by Crippen LogP contribution is 2.22. The minimum absolute atomic E-state index is 0.101. The second kappa shape index (κ2) is 5.93. The van der Waals surface area contributed by atoms with Crippen molar-refractivity contribution in [3.8, 4) is 5.75 Å². The van der Waals surface area contributed by atoms with Gasteiger partial charge in [-0.05, 0) is 31.2 Å². The van der Waals surface area contributed by atoms with E-state index in [4.69, 9.17) is 4.74 Å². The van der Waals surface area contributed by atoms with Crippen LogP contribution < -0.4 is 10.1 Å². The third-order valence-electron chi connectivity index (χ3n) is 2.81. The van der Waals surface area contributed by atoms with E-state index in [1.165, 1.54) is 13.2 Å². The molecule has 2 rings (SSSR count). The minimum atomic E-state index is -0.330. The fraction of sp³-hybridized carbons (Fsp3) is 0.308. The molecule has 3 nitrogen and oxygen atoms in total. The summed E-state index contributed by atoms with van der Waals surface area (Å²) < 4.78 is 18.5. The molecule has 0 spiro atoms. The van der Waals surface area contributed by atoms with Gasteiger partial charge < -0.3 is 10.1 Å². The van der Waals surface area contributed by atoms with Crippen molar-refractivity contribution in [3.05, 3.63) is 46.2 Å². The van der Waals surface area contributed by atoms with Crippen molar-refractivity contribution < 1.29 is 9.13 Å². The van der Waals surface area contributed by atoms with Crippen LogP contribution in [0.5, 0.6) is 5.75 Å². The lowest BCUT2D eigenvalue weighted by Crippen LogP contribution is -2.19. The van der Waals surface area contributed by atoms with Gasteiger partial charge in [-0.3, -0.25) is 0 Å². The maximum atomic E-state index is 13.6. The normalized spacial score (nSPS) is 12.4. The van der Waals surface area contributed by atoms with Gasteiger partial charge in [0.25, 0.3) is 0 Å². The molecule has 96 valence electrons. The number of rotatable bonds is 5. The van der Waals surface area contributed by atoms with Crippen LogP contribution in [-0.4, -0.2) is 19.1 Å². The van der Waals surface area contributed by atoms with Gasteiger partial charge in [0.15, 0.2) is 11.6 Å². The molecule has 0 radical (unpaired) electrons. The minimum Gasteiger partial charge on any atom is -0.494 e. The first-order valence-corrected chi connectivity index (χ1v) is 6.56. The average Bonchev–Trinajstić information content (AvgIpc) is 2.90. The Bertz CT molecular complexity index is 502. The molecule has 0 bridgehead atoms. The molecular weight excluding hydrogens is 251 g/mol. The van der Waals surface area contributed by atoms with Crippen molar-refractivity contribution in [3.63, 3.8) is 0 Å². The van der Waals surface area contributed by atoms with Gasteiger partial charge in [0.2, 0.25) is 0 Å². The number of methoxy groups -OCH3 is 1. The molecule has 0 aliphatic heterocycles. The number of nitrogens with zero attached hydrogens (tertiary/aromatic N) is 1. The van der Waals surface area contributed by atoms with Crippen molar-refractivity contribution in [1.82, 2.24) is 10.3 Å². The summed E-state index contributed by atoms with van der Waals surface area (Å²) >= 11 is 1.56. The van der Waals surface area contributed by atoms with Crippen LogP contribution in [-0.2, 0) is 6.42 Å². The van der Waals surface area contributed by atoms with Crippen molar-refractivity contribution in [2.24, 2.45) is 0 Å². The highest BCUT2D eigenvalue weighted by molar-refractivity contribution is 7.07. The lowest BCUT2D eigenvalue weighted by molar-refractivity contribution is 0.386. The summed E-state index contributed by atoms with van der Waals surface area (Å²) in [4.78, 5) is 4.28. The molecule has 0 aliphatic rings. The van der Waals surface area contributed by atoms with Gasteiger partial charge in [-0.2, -0.15) is 0 Å². The summed E-state index contributed by atoms with van der Waals surface area (Å²) in [6.07, 6.45) is 0.696. The fourth-order valence-corrected chi connectivity index (χ4v) is 2.43. The average molecular weight is 266 g/mol. The standard InChI is InChI=1S/C13H15FN2OS/c1-15-11(12-7-18-8-16-12)6-9-3-4-13(17-2)10(14)5-9/h3-5,7-8,11,15H,6H2,1-2H3. The summed E-state index contributed by atoms with van der Waals surface area (Å²) in [5.74, 6) is -0.0588. The van der Waals surface area contributed by atoms with Gasteiger partial charge in [-0.15, -0.1) is 11.3 Å². The maximum absolute atomic E-state index is 13.6. The van der Waals surface area contributed by atoms with E-state index in [1.54, 1.807) is 22.9 Å². The predicted octanol–water partition coefficient (Wildman–Crippen LogP) is 2.79. The third kappa shape index (κ3) is 2.86. The molecule has 0 fully saturated rings. The summed E-state index contributed by atoms with van der Waals surface area (Å²) in [5, 5.41) is 5.19. The van der Waals surface area contributed by atoms with Crippen LogP contribution in [0.15, 0.2) is 29.1 Å². The highest BCUT2D eigenvalue weighted by Gasteiger charge is 2.13. The molecular formula is C13H15FN2OS. The largest absolute Gasteiger partial charge is 0.494 e. The number of aromatic nitrogens is 1. The number of ether oxygens (including phenoxy) is 1. The molecule has 0 aliphatic carbocycles.